The van der Waals surface area contributed by atoms with E-state index in [9.17, 15) is 29.5 Å². The number of nitriles is 1. The van der Waals surface area contributed by atoms with Crippen LogP contribution in [0.3, 0.4) is 0 Å². The number of Topliss-reactive ketones (excluding diaryl/α,β-unsaturated/α-hetero) is 1. The van der Waals surface area contributed by atoms with Crippen LogP contribution < -0.4 is 10.6 Å². The zero-order valence-corrected chi connectivity index (χ0v) is 25.7. The smallest absolute Gasteiger partial charge is 0.405 e. The van der Waals surface area contributed by atoms with E-state index >= 15 is 0 Å². The molecule has 5 rings (SSSR count). The van der Waals surface area contributed by atoms with Crippen molar-refractivity contribution in [3.63, 3.8) is 0 Å². The van der Waals surface area contributed by atoms with Gasteiger partial charge in [0.05, 0.1) is 5.57 Å². The fourth-order valence-electron chi connectivity index (χ4n) is 9.83. The summed E-state index contributed by atoms with van der Waals surface area (Å²) in [6.45, 7) is 12.4. The maximum atomic E-state index is 14.4. The van der Waals surface area contributed by atoms with E-state index in [-0.39, 0.29) is 39.8 Å². The Morgan fingerprint density at radius 2 is 1.76 bits per heavy atom. The molecule has 5 aliphatic rings. The Kier molecular flexibility index (Phi) is 6.90. The van der Waals surface area contributed by atoms with Crippen molar-refractivity contribution in [2.75, 3.05) is 6.54 Å². The van der Waals surface area contributed by atoms with Crippen LogP contribution in [-0.4, -0.2) is 52.0 Å². The predicted octanol–water partition coefficient (Wildman–Crippen LogP) is 4.46. The molecule has 9 heteroatoms. The number of fused-ring (bicyclic) bond motifs is 7. The molecule has 0 bridgehead atoms. The SMILES string of the molecule is CC(NC(=O)O)C(=O)NC[C@@]1(C)CC[C@]2(C)CC[C@@]3(C)[C@]4(C)CC[C@H]5CC(=O)C(C#N)=C[C@]5(C)C4=CC(=O)[C@]3(O)[C@@H]2C1. The van der Waals surface area contributed by atoms with Gasteiger partial charge in [0, 0.05) is 29.7 Å². The summed E-state index contributed by atoms with van der Waals surface area (Å²) < 4.78 is 0. The first kappa shape index (κ1) is 30.5. The van der Waals surface area contributed by atoms with Crippen LogP contribution in [0.2, 0.25) is 0 Å². The summed E-state index contributed by atoms with van der Waals surface area (Å²) in [5, 5.41) is 36.7. The summed E-state index contributed by atoms with van der Waals surface area (Å²) in [6, 6.07) is 1.18. The van der Waals surface area contributed by atoms with Crippen molar-refractivity contribution in [3.05, 3.63) is 23.3 Å². The quantitative estimate of drug-likeness (QED) is 0.383. The Hall–Kier alpha value is -2.99. The van der Waals surface area contributed by atoms with Gasteiger partial charge in [-0.05, 0) is 85.7 Å². The lowest BCUT2D eigenvalue weighted by Gasteiger charge is -2.71. The highest BCUT2D eigenvalue weighted by molar-refractivity contribution is 6.02. The summed E-state index contributed by atoms with van der Waals surface area (Å²) in [5.41, 5.74) is -3.04. The minimum atomic E-state index is -1.61. The molecule has 0 saturated heterocycles. The lowest BCUT2D eigenvalue weighted by molar-refractivity contribution is -0.242. The van der Waals surface area contributed by atoms with Gasteiger partial charge in [-0.25, -0.2) is 4.79 Å². The van der Waals surface area contributed by atoms with Gasteiger partial charge in [-0.2, -0.15) is 5.26 Å². The molecule has 4 N–H and O–H groups in total. The molecule has 0 radical (unpaired) electrons. The van der Waals surface area contributed by atoms with Crippen molar-refractivity contribution in [1.29, 1.82) is 5.26 Å². The van der Waals surface area contributed by atoms with Gasteiger partial charge in [-0.1, -0.05) is 40.7 Å². The molecule has 9 atom stereocenters. The number of carbonyl (C=O) groups is 4. The summed E-state index contributed by atoms with van der Waals surface area (Å²) in [6.07, 6.45) is 7.76. The van der Waals surface area contributed by atoms with Gasteiger partial charge < -0.3 is 20.8 Å². The zero-order valence-electron chi connectivity index (χ0n) is 25.7. The van der Waals surface area contributed by atoms with E-state index in [4.69, 9.17) is 5.11 Å². The van der Waals surface area contributed by atoms with E-state index in [1.54, 1.807) is 12.2 Å². The van der Waals surface area contributed by atoms with E-state index in [1.165, 1.54) is 6.92 Å². The van der Waals surface area contributed by atoms with Crippen LogP contribution in [0.1, 0.15) is 92.9 Å². The van der Waals surface area contributed by atoms with Crippen LogP contribution in [-0.2, 0) is 14.4 Å². The molecule has 42 heavy (non-hydrogen) atoms. The Morgan fingerprint density at radius 1 is 1.10 bits per heavy atom. The maximum absolute atomic E-state index is 14.4. The molecule has 0 spiro atoms. The number of hydrogen-bond donors (Lipinski definition) is 4. The minimum absolute atomic E-state index is 0.0115. The van der Waals surface area contributed by atoms with Crippen LogP contribution in [0.25, 0.3) is 0 Å². The summed E-state index contributed by atoms with van der Waals surface area (Å²) in [4.78, 5) is 50.7. The maximum Gasteiger partial charge on any atom is 0.405 e. The summed E-state index contributed by atoms with van der Waals surface area (Å²) >= 11 is 0. The largest absolute Gasteiger partial charge is 0.465 e. The first-order valence-corrected chi connectivity index (χ1v) is 15.3. The molecule has 0 aliphatic heterocycles. The van der Waals surface area contributed by atoms with Crippen molar-refractivity contribution in [2.24, 2.45) is 38.9 Å². The van der Waals surface area contributed by atoms with Gasteiger partial charge in [0.15, 0.2) is 11.6 Å². The standard InChI is InChI=1S/C33H45N3O6/c1-19(36-27(40)41)26(39)35-18-28(2)9-10-29(3)11-12-32(6)31(5)8-7-21-13-22(37)20(17-34)15-30(21,4)23(31)14-25(38)33(32,42)24(29)16-28/h14-15,19,21,24,36,42H,7-13,16,18H2,1-6H3,(H,35,39)(H,40,41)/t19?,21-,24+,28-,29+,30-,31+,32-,33+/m0/s1. The first-order valence-electron chi connectivity index (χ1n) is 15.3. The second-order valence-electron chi connectivity index (χ2n) is 15.3. The second-order valence-corrected chi connectivity index (χ2v) is 15.3. The van der Waals surface area contributed by atoms with Crippen molar-refractivity contribution in [3.8, 4) is 6.07 Å². The van der Waals surface area contributed by atoms with E-state index in [0.717, 1.165) is 37.7 Å². The molecule has 0 aromatic rings. The number of carboxylic acid groups (broad SMARTS) is 1. The summed E-state index contributed by atoms with van der Waals surface area (Å²) in [5.74, 6) is -1.15. The van der Waals surface area contributed by atoms with Crippen LogP contribution in [0.5, 0.6) is 0 Å². The number of nitrogens with one attached hydrogen (secondary N) is 2. The lowest BCUT2D eigenvalue weighted by atomic mass is 9.34. The fraction of sp³-hybridized carbons (Fsp3) is 0.727. The Balaban J connectivity index is 1.52. The first-order chi connectivity index (χ1) is 19.4. The van der Waals surface area contributed by atoms with E-state index in [2.05, 4.69) is 51.3 Å². The lowest BCUT2D eigenvalue weighted by Crippen LogP contribution is -2.73. The number of nitrogens with zero attached hydrogens (tertiary/aromatic N) is 1. The molecule has 2 amide bonds. The van der Waals surface area contributed by atoms with Gasteiger partial charge in [0.25, 0.3) is 0 Å². The van der Waals surface area contributed by atoms with Crippen molar-refractivity contribution in [1.82, 2.24) is 10.6 Å². The molecule has 0 aromatic carbocycles. The molecule has 3 fully saturated rings. The topological polar surface area (TPSA) is 157 Å². The Morgan fingerprint density at radius 3 is 2.40 bits per heavy atom. The summed E-state index contributed by atoms with van der Waals surface area (Å²) in [7, 11) is 0. The minimum Gasteiger partial charge on any atom is -0.465 e. The van der Waals surface area contributed by atoms with Gasteiger partial charge >= 0.3 is 6.09 Å². The predicted molar refractivity (Wildman–Crippen MR) is 155 cm³/mol. The molecular weight excluding hydrogens is 534 g/mol. The highest BCUT2D eigenvalue weighted by Gasteiger charge is 2.74. The zero-order chi connectivity index (χ0) is 31.1. The average Bonchev–Trinajstić information content (AvgIpc) is 2.92. The molecule has 3 saturated carbocycles. The molecule has 1 unspecified atom stereocenters. The molecule has 9 nitrogen and oxygen atoms in total. The van der Waals surface area contributed by atoms with Crippen molar-refractivity contribution < 1.29 is 29.4 Å². The fourth-order valence-corrected chi connectivity index (χ4v) is 9.83. The van der Waals surface area contributed by atoms with E-state index in [1.807, 2.05) is 0 Å². The van der Waals surface area contributed by atoms with Crippen LogP contribution in [0.15, 0.2) is 23.3 Å². The third-order valence-electron chi connectivity index (χ3n) is 13.0. The second kappa shape index (κ2) is 9.51. The molecule has 228 valence electrons. The van der Waals surface area contributed by atoms with Crippen LogP contribution in [0, 0.1) is 50.2 Å². The molecule has 0 aromatic heterocycles. The van der Waals surface area contributed by atoms with Crippen LogP contribution in [0.4, 0.5) is 4.79 Å². The van der Waals surface area contributed by atoms with Crippen molar-refractivity contribution >= 4 is 23.6 Å². The number of amides is 2. The van der Waals surface area contributed by atoms with Gasteiger partial charge in [0.1, 0.15) is 17.7 Å². The number of aliphatic hydroxyl groups is 1. The third kappa shape index (κ3) is 4.04. The number of allylic oxidation sites excluding steroid dienone is 3. The molecule has 0 heterocycles. The van der Waals surface area contributed by atoms with Gasteiger partial charge in [-0.3, -0.25) is 14.4 Å². The monoisotopic (exact) mass is 579 g/mol. The van der Waals surface area contributed by atoms with Gasteiger partial charge in [0.2, 0.25) is 5.91 Å². The van der Waals surface area contributed by atoms with Crippen LogP contribution >= 0.6 is 0 Å². The number of rotatable bonds is 4. The molecule has 5 aliphatic carbocycles. The Bertz CT molecular complexity index is 1360. The highest BCUT2D eigenvalue weighted by atomic mass is 16.4. The van der Waals surface area contributed by atoms with E-state index in [0.29, 0.717) is 25.8 Å². The third-order valence-corrected chi connectivity index (χ3v) is 13.0. The van der Waals surface area contributed by atoms with Crippen molar-refractivity contribution in [2.45, 2.75) is 105 Å². The van der Waals surface area contributed by atoms with Gasteiger partial charge in [-0.15, -0.1) is 0 Å². The van der Waals surface area contributed by atoms with E-state index < -0.39 is 39.9 Å². The number of hydrogen-bond acceptors (Lipinski definition) is 6. The number of carbonyl (C=O) groups excluding carboxylic acids is 3. The highest BCUT2D eigenvalue weighted by Crippen LogP contribution is 2.74. The normalized spacial score (nSPS) is 45.0. The molecular formula is C33H45N3O6. The average molecular weight is 580 g/mol. The Labute approximate surface area is 248 Å². The number of ketones is 2.